The van der Waals surface area contributed by atoms with Gasteiger partial charge in [-0.1, -0.05) is 68.1 Å². The summed E-state index contributed by atoms with van der Waals surface area (Å²) >= 11 is 6.35. The molecule has 0 atom stereocenters. The number of benzene rings is 2. The highest BCUT2D eigenvalue weighted by atomic mass is 35.5. The highest BCUT2D eigenvalue weighted by Gasteiger charge is 2.49. The van der Waals surface area contributed by atoms with Crippen LogP contribution in [0.4, 0.5) is 0 Å². The van der Waals surface area contributed by atoms with Crippen LogP contribution < -0.4 is 0 Å². The molecule has 0 aromatic heterocycles. The van der Waals surface area contributed by atoms with Gasteiger partial charge in [0, 0.05) is 0 Å². The Kier molecular flexibility index (Phi) is 5.52. The Balaban J connectivity index is 1.62. The van der Waals surface area contributed by atoms with E-state index in [0.29, 0.717) is 21.4 Å². The molecule has 0 N–H and O–H groups in total. The molecule has 3 saturated carbocycles. The fourth-order valence-corrected chi connectivity index (χ4v) is 5.99. The van der Waals surface area contributed by atoms with Crippen LogP contribution in [0.15, 0.2) is 42.5 Å². The highest BCUT2D eigenvalue weighted by molar-refractivity contribution is 6.32. The molecule has 0 unspecified atom stereocenters. The normalized spacial score (nSPS) is 26.2. The molecular formula is C26H30ClN. The number of hydrogen-bond acceptors (Lipinski definition) is 1. The van der Waals surface area contributed by atoms with Gasteiger partial charge in [0.05, 0.1) is 10.6 Å². The summed E-state index contributed by atoms with van der Waals surface area (Å²) in [7, 11) is 0. The van der Waals surface area contributed by atoms with E-state index in [-0.39, 0.29) is 0 Å². The summed E-state index contributed by atoms with van der Waals surface area (Å²) in [4.78, 5) is 0. The topological polar surface area (TPSA) is 23.8 Å². The van der Waals surface area contributed by atoms with Crippen molar-refractivity contribution < 1.29 is 0 Å². The lowest BCUT2D eigenvalue weighted by Gasteiger charge is -2.54. The smallest absolute Gasteiger partial charge is 0.101 e. The molecule has 0 amide bonds. The Morgan fingerprint density at radius 2 is 1.68 bits per heavy atom. The predicted molar refractivity (Wildman–Crippen MR) is 118 cm³/mol. The first-order chi connectivity index (χ1) is 13.6. The Morgan fingerprint density at radius 3 is 2.32 bits per heavy atom. The van der Waals surface area contributed by atoms with E-state index < -0.39 is 0 Å². The average molecular weight is 392 g/mol. The van der Waals surface area contributed by atoms with Gasteiger partial charge in [0.2, 0.25) is 0 Å². The van der Waals surface area contributed by atoms with E-state index in [1.165, 1.54) is 75.3 Å². The molecule has 0 saturated heterocycles. The molecule has 3 fully saturated rings. The van der Waals surface area contributed by atoms with Crippen LogP contribution >= 0.6 is 11.6 Å². The SMILES string of the molecule is CCCCCC12CCC(c3ccccc3-c3ccc(C#N)c(Cl)c3)(CC1)CC2. The van der Waals surface area contributed by atoms with Gasteiger partial charge in [0.1, 0.15) is 6.07 Å². The lowest BCUT2D eigenvalue weighted by molar-refractivity contribution is 0.0308. The maximum absolute atomic E-state index is 9.19. The van der Waals surface area contributed by atoms with E-state index in [1.54, 1.807) is 0 Å². The molecule has 0 spiro atoms. The number of halogens is 1. The number of unbranched alkanes of at least 4 members (excludes halogenated alkanes) is 2. The molecule has 1 nitrogen and oxygen atoms in total. The molecule has 0 aliphatic heterocycles. The summed E-state index contributed by atoms with van der Waals surface area (Å²) in [6.45, 7) is 2.30. The minimum Gasteiger partial charge on any atom is -0.192 e. The third kappa shape index (κ3) is 3.48. The second-order valence-electron chi connectivity index (χ2n) is 9.09. The molecule has 5 rings (SSSR count). The highest BCUT2D eigenvalue weighted by Crippen LogP contribution is 2.60. The zero-order chi connectivity index (χ0) is 19.6. The maximum Gasteiger partial charge on any atom is 0.101 e. The van der Waals surface area contributed by atoms with E-state index >= 15 is 0 Å². The van der Waals surface area contributed by atoms with E-state index in [4.69, 9.17) is 11.6 Å². The van der Waals surface area contributed by atoms with Crippen molar-refractivity contribution in [2.45, 2.75) is 76.5 Å². The van der Waals surface area contributed by atoms with Crippen LogP contribution in [0.25, 0.3) is 11.1 Å². The van der Waals surface area contributed by atoms with E-state index in [1.807, 2.05) is 12.1 Å². The van der Waals surface area contributed by atoms with Crippen molar-refractivity contribution in [1.29, 1.82) is 5.26 Å². The minimum absolute atomic E-state index is 0.323. The van der Waals surface area contributed by atoms with Crippen molar-refractivity contribution >= 4 is 11.6 Å². The first-order valence-corrected chi connectivity index (χ1v) is 11.3. The second kappa shape index (κ2) is 7.92. The lowest BCUT2D eigenvalue weighted by Crippen LogP contribution is -2.44. The zero-order valence-electron chi connectivity index (χ0n) is 16.9. The average Bonchev–Trinajstić information content (AvgIpc) is 2.75. The summed E-state index contributed by atoms with van der Waals surface area (Å²) in [5.41, 5.74) is 5.44. The van der Waals surface area contributed by atoms with Crippen LogP contribution in [0.5, 0.6) is 0 Å². The summed E-state index contributed by atoms with van der Waals surface area (Å²) in [5, 5.41) is 9.74. The van der Waals surface area contributed by atoms with Crippen LogP contribution in [0.3, 0.4) is 0 Å². The third-order valence-electron chi connectivity index (χ3n) is 7.61. The standard InChI is InChI=1S/C26H30ClN/c1-2-3-6-11-25-12-15-26(16-13-25,17-14-25)23-8-5-4-7-22(23)20-9-10-21(19-28)24(27)18-20/h4-5,7-10,18H,2-3,6,11-17H2,1H3. The summed E-state index contributed by atoms with van der Waals surface area (Å²) in [6, 6.07) is 16.9. The minimum atomic E-state index is 0.323. The number of nitrogens with zero attached hydrogens (tertiary/aromatic N) is 1. The summed E-state index contributed by atoms with van der Waals surface area (Å²) in [5.74, 6) is 0. The molecule has 2 heteroatoms. The van der Waals surface area contributed by atoms with Gasteiger partial charge in [0.15, 0.2) is 0 Å². The second-order valence-corrected chi connectivity index (χ2v) is 9.50. The molecule has 146 valence electrons. The van der Waals surface area contributed by atoms with Gasteiger partial charge in [-0.3, -0.25) is 0 Å². The largest absolute Gasteiger partial charge is 0.192 e. The van der Waals surface area contributed by atoms with Crippen LogP contribution in [-0.2, 0) is 5.41 Å². The molecule has 3 aliphatic rings. The third-order valence-corrected chi connectivity index (χ3v) is 7.92. The first kappa shape index (κ1) is 19.5. The van der Waals surface area contributed by atoms with E-state index in [2.05, 4.69) is 43.3 Å². The monoisotopic (exact) mass is 391 g/mol. The molecule has 3 aliphatic carbocycles. The Morgan fingerprint density at radius 1 is 0.964 bits per heavy atom. The van der Waals surface area contributed by atoms with E-state index in [0.717, 1.165) is 5.56 Å². The van der Waals surface area contributed by atoms with Gasteiger partial charge in [0.25, 0.3) is 0 Å². The molecule has 2 aromatic rings. The predicted octanol–water partition coefficient (Wildman–Crippen LogP) is 8.05. The maximum atomic E-state index is 9.19. The quantitative estimate of drug-likeness (QED) is 0.457. The zero-order valence-corrected chi connectivity index (χ0v) is 17.7. The van der Waals surface area contributed by atoms with Crippen LogP contribution in [0, 0.1) is 16.7 Å². The van der Waals surface area contributed by atoms with Gasteiger partial charge in [-0.15, -0.1) is 0 Å². The first-order valence-electron chi connectivity index (χ1n) is 10.9. The fraction of sp³-hybridized carbons (Fsp3) is 0.500. The molecular weight excluding hydrogens is 362 g/mol. The summed E-state index contributed by atoms with van der Waals surface area (Å²) in [6.07, 6.45) is 13.7. The van der Waals surface area contributed by atoms with Crippen molar-refractivity contribution in [3.63, 3.8) is 0 Å². The fourth-order valence-electron chi connectivity index (χ4n) is 5.76. The van der Waals surface area contributed by atoms with Crippen molar-refractivity contribution in [3.05, 3.63) is 58.6 Å². The van der Waals surface area contributed by atoms with Gasteiger partial charge >= 0.3 is 0 Å². The van der Waals surface area contributed by atoms with Crippen molar-refractivity contribution in [1.82, 2.24) is 0 Å². The number of nitriles is 1. The van der Waals surface area contributed by atoms with Crippen molar-refractivity contribution in [2.75, 3.05) is 0 Å². The van der Waals surface area contributed by atoms with Crippen LogP contribution in [0.2, 0.25) is 5.02 Å². The van der Waals surface area contributed by atoms with Gasteiger partial charge in [-0.05, 0) is 84.6 Å². The van der Waals surface area contributed by atoms with Gasteiger partial charge in [-0.2, -0.15) is 5.26 Å². The van der Waals surface area contributed by atoms with Gasteiger partial charge in [-0.25, -0.2) is 0 Å². The number of hydrogen-bond donors (Lipinski definition) is 0. The Bertz CT molecular complexity index is 867. The molecule has 2 bridgehead atoms. The van der Waals surface area contributed by atoms with Crippen LogP contribution in [-0.4, -0.2) is 0 Å². The number of fused-ring (bicyclic) bond motifs is 3. The van der Waals surface area contributed by atoms with Crippen LogP contribution in [0.1, 0.15) is 82.3 Å². The molecule has 0 heterocycles. The van der Waals surface area contributed by atoms with Crippen molar-refractivity contribution in [2.24, 2.45) is 5.41 Å². The molecule has 2 aromatic carbocycles. The lowest BCUT2D eigenvalue weighted by atomic mass is 9.50. The Labute approximate surface area is 174 Å². The molecule has 0 radical (unpaired) electrons. The van der Waals surface area contributed by atoms with Gasteiger partial charge < -0.3 is 0 Å². The van der Waals surface area contributed by atoms with E-state index in [9.17, 15) is 5.26 Å². The molecule has 28 heavy (non-hydrogen) atoms. The summed E-state index contributed by atoms with van der Waals surface area (Å²) < 4.78 is 0. The van der Waals surface area contributed by atoms with Crippen molar-refractivity contribution in [3.8, 4) is 17.2 Å². The Hall–Kier alpha value is -1.78. The number of rotatable bonds is 6.